The molecule has 0 fully saturated rings. The fourth-order valence-corrected chi connectivity index (χ4v) is 1.24. The van der Waals surface area contributed by atoms with Gasteiger partial charge in [0.15, 0.2) is 0 Å². The number of benzene rings is 1. The summed E-state index contributed by atoms with van der Waals surface area (Å²) in [7, 11) is 1.51. The molecule has 0 bridgehead atoms. The second-order valence-electron chi connectivity index (χ2n) is 2.88. The lowest BCUT2D eigenvalue weighted by molar-refractivity contribution is 0.180. The van der Waals surface area contributed by atoms with Crippen LogP contribution < -0.4 is 5.73 Å². The van der Waals surface area contributed by atoms with Crippen molar-refractivity contribution in [3.63, 3.8) is 0 Å². The molecule has 3 nitrogen and oxygen atoms in total. The molecule has 14 heavy (non-hydrogen) atoms. The molecule has 0 spiro atoms. The maximum Gasteiger partial charge on any atom is 0.141 e. The number of nitriles is 1. The Hall–Kier alpha value is -1.44. The number of nitrogens with two attached hydrogens (primary N) is 1. The minimum Gasteiger partial charge on any atom is -0.383 e. The molecule has 2 N–H and O–H groups in total. The van der Waals surface area contributed by atoms with Crippen LogP contribution in [-0.4, -0.2) is 13.7 Å². The van der Waals surface area contributed by atoms with Crippen LogP contribution >= 0.6 is 0 Å². The van der Waals surface area contributed by atoms with E-state index in [0.29, 0.717) is 5.56 Å². The Kier molecular flexibility index (Phi) is 3.57. The lowest BCUT2D eigenvalue weighted by Crippen LogP contribution is -2.17. The van der Waals surface area contributed by atoms with Gasteiger partial charge in [-0.25, -0.2) is 4.39 Å². The Morgan fingerprint density at radius 1 is 1.64 bits per heavy atom. The van der Waals surface area contributed by atoms with E-state index in [0.717, 1.165) is 0 Å². The third-order valence-electron chi connectivity index (χ3n) is 1.90. The molecule has 1 atom stereocenters. The van der Waals surface area contributed by atoms with E-state index in [1.807, 2.05) is 0 Å². The van der Waals surface area contributed by atoms with Crippen molar-refractivity contribution < 1.29 is 9.13 Å². The molecule has 0 radical (unpaired) electrons. The van der Waals surface area contributed by atoms with Gasteiger partial charge in [0, 0.05) is 7.11 Å². The molecule has 0 aliphatic heterocycles. The van der Waals surface area contributed by atoms with Crippen molar-refractivity contribution in [3.8, 4) is 6.07 Å². The van der Waals surface area contributed by atoms with Crippen LogP contribution in [0.2, 0.25) is 0 Å². The number of hydrogen-bond acceptors (Lipinski definition) is 3. The molecule has 0 unspecified atom stereocenters. The Morgan fingerprint density at radius 2 is 2.36 bits per heavy atom. The van der Waals surface area contributed by atoms with E-state index in [-0.39, 0.29) is 12.2 Å². The molecular formula is C10H11FN2O. The molecule has 0 aliphatic carbocycles. The fraction of sp³-hybridized carbons (Fsp3) is 0.300. The van der Waals surface area contributed by atoms with Crippen molar-refractivity contribution in [1.82, 2.24) is 0 Å². The Balaban J connectivity index is 3.08. The van der Waals surface area contributed by atoms with Crippen LogP contribution in [0.15, 0.2) is 18.2 Å². The van der Waals surface area contributed by atoms with Gasteiger partial charge >= 0.3 is 0 Å². The van der Waals surface area contributed by atoms with Gasteiger partial charge in [-0.3, -0.25) is 0 Å². The van der Waals surface area contributed by atoms with Crippen molar-refractivity contribution >= 4 is 0 Å². The molecule has 0 aliphatic rings. The quantitative estimate of drug-likeness (QED) is 0.789. The number of methoxy groups -OCH3 is 1. The molecule has 0 saturated carbocycles. The molecular weight excluding hydrogens is 183 g/mol. The highest BCUT2D eigenvalue weighted by molar-refractivity contribution is 5.40. The lowest BCUT2D eigenvalue weighted by atomic mass is 10.0. The van der Waals surface area contributed by atoms with Gasteiger partial charge in [-0.05, 0) is 11.6 Å². The number of hydrogen-bond donors (Lipinski definition) is 1. The summed E-state index contributed by atoms with van der Waals surface area (Å²) < 4.78 is 18.0. The second kappa shape index (κ2) is 4.70. The average molecular weight is 194 g/mol. The topological polar surface area (TPSA) is 59.0 Å². The largest absolute Gasteiger partial charge is 0.383 e. The van der Waals surface area contributed by atoms with Crippen LogP contribution in [0.25, 0.3) is 0 Å². The summed E-state index contributed by atoms with van der Waals surface area (Å²) in [5, 5.41) is 8.73. The first-order chi connectivity index (χ1) is 6.70. The molecule has 4 heteroatoms. The third-order valence-corrected chi connectivity index (χ3v) is 1.90. The van der Waals surface area contributed by atoms with Crippen molar-refractivity contribution in [3.05, 3.63) is 35.1 Å². The van der Waals surface area contributed by atoms with Crippen molar-refractivity contribution in [2.45, 2.75) is 6.04 Å². The van der Waals surface area contributed by atoms with Crippen LogP contribution in [0.3, 0.4) is 0 Å². The van der Waals surface area contributed by atoms with Crippen LogP contribution in [0, 0.1) is 17.1 Å². The molecule has 1 aromatic rings. The minimum atomic E-state index is -0.545. The Morgan fingerprint density at radius 3 is 2.93 bits per heavy atom. The van der Waals surface area contributed by atoms with Crippen molar-refractivity contribution in [2.24, 2.45) is 5.73 Å². The summed E-state index contributed by atoms with van der Waals surface area (Å²) in [4.78, 5) is 0. The fourth-order valence-electron chi connectivity index (χ4n) is 1.24. The SMILES string of the molecule is COC[C@H](N)c1cccc(F)c1C#N. The highest BCUT2D eigenvalue weighted by Gasteiger charge is 2.13. The van der Waals surface area contributed by atoms with Gasteiger partial charge in [-0.15, -0.1) is 0 Å². The zero-order chi connectivity index (χ0) is 10.6. The third kappa shape index (κ3) is 2.08. The summed E-state index contributed by atoms with van der Waals surface area (Å²) >= 11 is 0. The van der Waals surface area contributed by atoms with E-state index < -0.39 is 11.9 Å². The van der Waals surface area contributed by atoms with Gasteiger partial charge in [-0.2, -0.15) is 5.26 Å². The minimum absolute atomic E-state index is 0.00273. The van der Waals surface area contributed by atoms with Gasteiger partial charge in [0.1, 0.15) is 11.9 Å². The first-order valence-electron chi connectivity index (χ1n) is 4.13. The summed E-state index contributed by atoms with van der Waals surface area (Å²) in [6, 6.07) is 5.72. The molecule has 1 rings (SSSR count). The summed E-state index contributed by atoms with van der Waals surface area (Å²) in [6.45, 7) is 0.262. The van der Waals surface area contributed by atoms with E-state index in [4.69, 9.17) is 15.7 Å². The van der Waals surface area contributed by atoms with Gasteiger partial charge in [0.2, 0.25) is 0 Å². The van der Waals surface area contributed by atoms with Crippen LogP contribution in [0.4, 0.5) is 4.39 Å². The van der Waals surface area contributed by atoms with Crippen LogP contribution in [-0.2, 0) is 4.74 Å². The Bertz CT molecular complexity index is 360. The molecule has 0 aromatic heterocycles. The average Bonchev–Trinajstić information content (AvgIpc) is 2.17. The maximum absolute atomic E-state index is 13.1. The first-order valence-corrected chi connectivity index (χ1v) is 4.13. The number of nitrogens with zero attached hydrogens (tertiary/aromatic N) is 1. The smallest absolute Gasteiger partial charge is 0.141 e. The van der Waals surface area contributed by atoms with E-state index in [2.05, 4.69) is 0 Å². The monoisotopic (exact) mass is 194 g/mol. The lowest BCUT2D eigenvalue weighted by Gasteiger charge is -2.12. The van der Waals surface area contributed by atoms with Gasteiger partial charge in [0.25, 0.3) is 0 Å². The molecule has 74 valence electrons. The number of halogens is 1. The molecule has 0 amide bonds. The predicted molar refractivity (Wildman–Crippen MR) is 49.9 cm³/mol. The van der Waals surface area contributed by atoms with Crippen LogP contribution in [0.1, 0.15) is 17.2 Å². The first kappa shape index (κ1) is 10.6. The summed E-state index contributed by atoms with van der Waals surface area (Å²) in [6.07, 6.45) is 0. The highest BCUT2D eigenvalue weighted by atomic mass is 19.1. The zero-order valence-corrected chi connectivity index (χ0v) is 7.83. The van der Waals surface area contributed by atoms with Gasteiger partial charge in [-0.1, -0.05) is 12.1 Å². The molecule has 0 saturated heterocycles. The highest BCUT2D eigenvalue weighted by Crippen LogP contribution is 2.18. The molecule has 0 heterocycles. The van der Waals surface area contributed by atoms with E-state index >= 15 is 0 Å². The summed E-state index contributed by atoms with van der Waals surface area (Å²) in [5.41, 5.74) is 6.19. The van der Waals surface area contributed by atoms with Gasteiger partial charge < -0.3 is 10.5 Å². The molecule has 1 aromatic carbocycles. The summed E-state index contributed by atoms with van der Waals surface area (Å²) in [5.74, 6) is -0.545. The van der Waals surface area contributed by atoms with Gasteiger partial charge in [0.05, 0.1) is 18.2 Å². The maximum atomic E-state index is 13.1. The second-order valence-corrected chi connectivity index (χ2v) is 2.88. The standard InChI is InChI=1S/C10H11FN2O/c1-14-6-10(13)7-3-2-4-9(11)8(7)5-12/h2-4,10H,6,13H2,1H3/t10-/m0/s1. The van der Waals surface area contributed by atoms with Crippen LogP contribution in [0.5, 0.6) is 0 Å². The van der Waals surface area contributed by atoms with E-state index in [1.165, 1.54) is 19.2 Å². The number of rotatable bonds is 3. The van der Waals surface area contributed by atoms with Crippen molar-refractivity contribution in [2.75, 3.05) is 13.7 Å². The normalized spacial score (nSPS) is 12.1. The Labute approximate surface area is 81.9 Å². The van der Waals surface area contributed by atoms with E-state index in [9.17, 15) is 4.39 Å². The zero-order valence-electron chi connectivity index (χ0n) is 7.83. The number of ether oxygens (including phenoxy) is 1. The predicted octanol–water partition coefficient (Wildman–Crippen LogP) is 1.34. The van der Waals surface area contributed by atoms with Crippen molar-refractivity contribution in [1.29, 1.82) is 5.26 Å². The van der Waals surface area contributed by atoms with E-state index in [1.54, 1.807) is 12.1 Å².